The average Bonchev–Trinajstić information content (AvgIpc) is 2.54. The van der Waals surface area contributed by atoms with Crippen LogP contribution in [0.25, 0.3) is 0 Å². The Morgan fingerprint density at radius 2 is 2.07 bits per heavy atom. The van der Waals surface area contributed by atoms with Gasteiger partial charge in [0.2, 0.25) is 0 Å². The van der Waals surface area contributed by atoms with Gasteiger partial charge in [0.25, 0.3) is 0 Å². The molecule has 84 valence electrons. The molecular formula is C12H26N2. The fourth-order valence-electron chi connectivity index (χ4n) is 2.35. The normalized spacial score (nSPS) is 24.9. The van der Waals surface area contributed by atoms with Crippen molar-refractivity contribution in [2.75, 3.05) is 20.6 Å². The van der Waals surface area contributed by atoms with Gasteiger partial charge in [0.1, 0.15) is 0 Å². The summed E-state index contributed by atoms with van der Waals surface area (Å²) in [5.74, 6) is 0.809. The van der Waals surface area contributed by atoms with Crippen molar-refractivity contribution >= 4 is 0 Å². The first-order valence-electron chi connectivity index (χ1n) is 5.99. The first kappa shape index (κ1) is 12.0. The van der Waals surface area contributed by atoms with Gasteiger partial charge in [-0.3, -0.25) is 0 Å². The maximum absolute atomic E-state index is 3.59. The van der Waals surface area contributed by atoms with E-state index >= 15 is 0 Å². The molecule has 1 rings (SSSR count). The lowest BCUT2D eigenvalue weighted by Gasteiger charge is -2.28. The average molecular weight is 198 g/mol. The zero-order valence-corrected chi connectivity index (χ0v) is 10.2. The van der Waals surface area contributed by atoms with E-state index in [0.717, 1.165) is 18.0 Å². The summed E-state index contributed by atoms with van der Waals surface area (Å²) in [5.41, 5.74) is 0. The van der Waals surface area contributed by atoms with Crippen molar-refractivity contribution in [3.63, 3.8) is 0 Å². The Balaban J connectivity index is 2.33. The van der Waals surface area contributed by atoms with Gasteiger partial charge in [0, 0.05) is 12.1 Å². The van der Waals surface area contributed by atoms with E-state index in [1.807, 2.05) is 0 Å². The molecule has 0 amide bonds. The van der Waals surface area contributed by atoms with Gasteiger partial charge in [-0.05, 0) is 52.2 Å². The van der Waals surface area contributed by atoms with Gasteiger partial charge >= 0.3 is 0 Å². The molecular weight excluding hydrogens is 172 g/mol. The van der Waals surface area contributed by atoms with Gasteiger partial charge in [-0.1, -0.05) is 13.8 Å². The summed E-state index contributed by atoms with van der Waals surface area (Å²) in [5, 5.41) is 3.59. The lowest BCUT2D eigenvalue weighted by atomic mass is 9.96. The second-order valence-electron chi connectivity index (χ2n) is 5.28. The number of rotatable bonds is 5. The van der Waals surface area contributed by atoms with Crippen LogP contribution in [0.2, 0.25) is 0 Å². The summed E-state index contributed by atoms with van der Waals surface area (Å²) in [4.78, 5) is 2.39. The van der Waals surface area contributed by atoms with E-state index in [2.05, 4.69) is 38.2 Å². The molecule has 2 nitrogen and oxygen atoms in total. The molecule has 14 heavy (non-hydrogen) atoms. The molecule has 0 radical (unpaired) electrons. The molecule has 0 aromatic heterocycles. The van der Waals surface area contributed by atoms with Crippen LogP contribution in [0.4, 0.5) is 0 Å². The number of nitrogens with one attached hydrogen (secondary N) is 1. The third kappa shape index (κ3) is 3.97. The molecule has 1 N–H and O–H groups in total. The van der Waals surface area contributed by atoms with Gasteiger partial charge in [-0.25, -0.2) is 0 Å². The van der Waals surface area contributed by atoms with Gasteiger partial charge in [-0.2, -0.15) is 0 Å². The fourth-order valence-corrected chi connectivity index (χ4v) is 2.35. The summed E-state index contributed by atoms with van der Waals surface area (Å²) in [6.45, 7) is 5.86. The Bertz CT molecular complexity index is 148. The van der Waals surface area contributed by atoms with E-state index in [4.69, 9.17) is 0 Å². The zero-order chi connectivity index (χ0) is 10.6. The van der Waals surface area contributed by atoms with E-state index in [1.54, 1.807) is 0 Å². The molecule has 0 saturated carbocycles. The largest absolute Gasteiger partial charge is 0.314 e. The molecule has 2 unspecified atom stereocenters. The van der Waals surface area contributed by atoms with E-state index in [9.17, 15) is 0 Å². The predicted octanol–water partition coefficient (Wildman–Crippen LogP) is 2.10. The van der Waals surface area contributed by atoms with Crippen LogP contribution in [0.3, 0.4) is 0 Å². The number of hydrogen-bond acceptors (Lipinski definition) is 2. The van der Waals surface area contributed by atoms with Crippen LogP contribution in [0.1, 0.15) is 39.5 Å². The molecule has 0 bridgehead atoms. The smallest absolute Gasteiger partial charge is 0.0106 e. The lowest BCUT2D eigenvalue weighted by Crippen LogP contribution is -2.36. The minimum absolute atomic E-state index is 0.755. The lowest BCUT2D eigenvalue weighted by molar-refractivity contribution is 0.225. The minimum Gasteiger partial charge on any atom is -0.314 e. The van der Waals surface area contributed by atoms with Crippen LogP contribution in [0.15, 0.2) is 0 Å². The Kier molecular flexibility index (Phi) is 4.90. The van der Waals surface area contributed by atoms with E-state index < -0.39 is 0 Å². The summed E-state index contributed by atoms with van der Waals surface area (Å²) in [7, 11) is 4.42. The Labute approximate surface area is 89.1 Å². The monoisotopic (exact) mass is 198 g/mol. The topological polar surface area (TPSA) is 15.3 Å². The summed E-state index contributed by atoms with van der Waals surface area (Å²) >= 11 is 0. The molecule has 1 heterocycles. The second kappa shape index (κ2) is 5.72. The van der Waals surface area contributed by atoms with Crippen molar-refractivity contribution < 1.29 is 0 Å². The highest BCUT2D eigenvalue weighted by Gasteiger charge is 2.21. The standard InChI is InChI=1S/C12H26N2/c1-10(2)8-12(14(3)4)9-11-6-5-7-13-11/h10-13H,5-9H2,1-4H3. The quantitative estimate of drug-likeness (QED) is 0.728. The second-order valence-corrected chi connectivity index (χ2v) is 5.28. The van der Waals surface area contributed by atoms with Crippen LogP contribution in [-0.4, -0.2) is 37.6 Å². The van der Waals surface area contributed by atoms with Crippen molar-refractivity contribution in [1.82, 2.24) is 10.2 Å². The molecule has 1 fully saturated rings. The maximum atomic E-state index is 3.59. The SMILES string of the molecule is CC(C)CC(CC1CCCN1)N(C)C. The fraction of sp³-hybridized carbons (Fsp3) is 1.00. The van der Waals surface area contributed by atoms with Gasteiger partial charge in [0.15, 0.2) is 0 Å². The highest BCUT2D eigenvalue weighted by Crippen LogP contribution is 2.18. The highest BCUT2D eigenvalue weighted by atomic mass is 15.1. The Morgan fingerprint density at radius 3 is 2.50 bits per heavy atom. The minimum atomic E-state index is 0.755. The van der Waals surface area contributed by atoms with E-state index in [1.165, 1.54) is 32.2 Å². The van der Waals surface area contributed by atoms with Crippen LogP contribution in [0.5, 0.6) is 0 Å². The van der Waals surface area contributed by atoms with E-state index in [0.29, 0.717) is 0 Å². The van der Waals surface area contributed by atoms with Crippen molar-refractivity contribution in [1.29, 1.82) is 0 Å². The van der Waals surface area contributed by atoms with Crippen molar-refractivity contribution in [3.8, 4) is 0 Å². The highest BCUT2D eigenvalue weighted by molar-refractivity contribution is 4.80. The molecule has 0 spiro atoms. The molecule has 0 aromatic rings. The zero-order valence-electron chi connectivity index (χ0n) is 10.2. The first-order valence-corrected chi connectivity index (χ1v) is 5.99. The Hall–Kier alpha value is -0.0800. The molecule has 1 saturated heterocycles. The molecule has 0 aliphatic carbocycles. The Morgan fingerprint density at radius 1 is 1.36 bits per heavy atom. The molecule has 2 atom stereocenters. The summed E-state index contributed by atoms with van der Waals surface area (Å²) in [6.07, 6.45) is 5.39. The van der Waals surface area contributed by atoms with Crippen LogP contribution >= 0.6 is 0 Å². The number of nitrogens with zero attached hydrogens (tertiary/aromatic N) is 1. The van der Waals surface area contributed by atoms with Crippen LogP contribution in [0, 0.1) is 5.92 Å². The third-order valence-electron chi connectivity index (χ3n) is 3.19. The molecule has 2 heteroatoms. The van der Waals surface area contributed by atoms with Gasteiger partial charge in [-0.15, -0.1) is 0 Å². The summed E-state index contributed by atoms with van der Waals surface area (Å²) < 4.78 is 0. The van der Waals surface area contributed by atoms with Crippen LogP contribution < -0.4 is 5.32 Å². The van der Waals surface area contributed by atoms with Crippen molar-refractivity contribution in [3.05, 3.63) is 0 Å². The molecule has 1 aliphatic heterocycles. The van der Waals surface area contributed by atoms with Gasteiger partial charge in [0.05, 0.1) is 0 Å². The number of hydrogen-bond donors (Lipinski definition) is 1. The third-order valence-corrected chi connectivity index (χ3v) is 3.19. The molecule has 0 aromatic carbocycles. The van der Waals surface area contributed by atoms with E-state index in [-0.39, 0.29) is 0 Å². The van der Waals surface area contributed by atoms with Crippen molar-refractivity contribution in [2.24, 2.45) is 5.92 Å². The predicted molar refractivity (Wildman–Crippen MR) is 62.6 cm³/mol. The first-order chi connectivity index (χ1) is 6.59. The van der Waals surface area contributed by atoms with Gasteiger partial charge < -0.3 is 10.2 Å². The maximum Gasteiger partial charge on any atom is 0.0106 e. The van der Waals surface area contributed by atoms with Crippen molar-refractivity contribution in [2.45, 2.75) is 51.6 Å². The molecule has 1 aliphatic rings. The van der Waals surface area contributed by atoms with Crippen LogP contribution in [-0.2, 0) is 0 Å². The summed E-state index contributed by atoms with van der Waals surface area (Å²) in [6, 6.07) is 1.53.